The monoisotopic (exact) mass is 427 g/mol. The first kappa shape index (κ1) is 21.6. The molecule has 0 aliphatic carbocycles. The van der Waals surface area contributed by atoms with E-state index in [1.165, 1.54) is 5.57 Å². The average Bonchev–Trinajstić information content (AvgIpc) is 2.97. The summed E-state index contributed by atoms with van der Waals surface area (Å²) in [6, 6.07) is 12.8. The third-order valence-electron chi connectivity index (χ3n) is 6.15. The lowest BCUT2D eigenvalue weighted by Gasteiger charge is -2.32. The molecule has 0 aromatic heterocycles. The van der Waals surface area contributed by atoms with E-state index >= 15 is 0 Å². The first-order chi connectivity index (χ1) is 15.6. The van der Waals surface area contributed by atoms with Crippen LogP contribution in [0.4, 0.5) is 17.1 Å². The van der Waals surface area contributed by atoms with Crippen molar-refractivity contribution in [3.8, 4) is 0 Å². The molecule has 0 radical (unpaired) electrons. The molecule has 2 aromatic rings. The molecule has 2 amide bonds. The first-order valence-corrected chi connectivity index (χ1v) is 11.1. The van der Waals surface area contributed by atoms with Crippen molar-refractivity contribution in [1.82, 2.24) is 4.90 Å². The standard InChI is InChI=1S/C27H29N3O2/c1-3-5-8-19(4-2)17-20-13-15-30(16-14-20)27(32)21-11-12-24-25(18-21)29-26(31)22-9-6-7-10-23(22)28-24/h3-12,18,20,28H,2,13-17H2,1H3,(H,29,31)/b5-3-,19-8+. The summed E-state index contributed by atoms with van der Waals surface area (Å²) in [5.41, 5.74) is 4.58. The summed E-state index contributed by atoms with van der Waals surface area (Å²) < 4.78 is 0. The van der Waals surface area contributed by atoms with Crippen LogP contribution in [-0.2, 0) is 0 Å². The van der Waals surface area contributed by atoms with Crippen molar-refractivity contribution in [2.75, 3.05) is 23.7 Å². The molecular formula is C27H29N3O2. The third-order valence-corrected chi connectivity index (χ3v) is 6.15. The Hall–Kier alpha value is -3.60. The molecule has 2 heterocycles. The number of nitrogens with zero attached hydrogens (tertiary/aromatic N) is 1. The lowest BCUT2D eigenvalue weighted by Crippen LogP contribution is -2.38. The van der Waals surface area contributed by atoms with Gasteiger partial charge in [0.05, 0.1) is 22.6 Å². The highest BCUT2D eigenvalue weighted by Gasteiger charge is 2.25. The molecule has 5 nitrogen and oxygen atoms in total. The Morgan fingerprint density at radius 1 is 1.09 bits per heavy atom. The van der Waals surface area contributed by atoms with Gasteiger partial charge in [0.2, 0.25) is 0 Å². The quantitative estimate of drug-likeness (QED) is 0.582. The molecule has 2 aliphatic rings. The van der Waals surface area contributed by atoms with Crippen LogP contribution in [0.25, 0.3) is 0 Å². The summed E-state index contributed by atoms with van der Waals surface area (Å²) in [6.07, 6.45) is 11.0. The van der Waals surface area contributed by atoms with Gasteiger partial charge in [-0.1, -0.05) is 43.0 Å². The lowest BCUT2D eigenvalue weighted by atomic mass is 9.89. The van der Waals surface area contributed by atoms with Crippen LogP contribution in [0.3, 0.4) is 0 Å². The number of allylic oxidation sites excluding steroid dienone is 5. The second-order valence-electron chi connectivity index (χ2n) is 8.30. The molecule has 0 atom stereocenters. The number of hydrogen-bond acceptors (Lipinski definition) is 3. The normalized spacial score (nSPS) is 16.6. The fraction of sp³-hybridized carbons (Fsp3) is 0.259. The molecule has 0 bridgehead atoms. The molecule has 2 aliphatic heterocycles. The number of carbonyl (C=O) groups is 2. The molecule has 1 fully saturated rings. The second kappa shape index (κ2) is 9.69. The summed E-state index contributed by atoms with van der Waals surface area (Å²) in [5.74, 6) is 0.388. The number of fused-ring (bicyclic) bond motifs is 2. The number of likely N-dealkylation sites (tertiary alicyclic amines) is 1. The van der Waals surface area contributed by atoms with Gasteiger partial charge in [0.15, 0.2) is 0 Å². The molecule has 5 heteroatoms. The summed E-state index contributed by atoms with van der Waals surface area (Å²) in [5, 5.41) is 6.23. The predicted octanol–water partition coefficient (Wildman–Crippen LogP) is 5.93. The Balaban J connectivity index is 1.43. The molecule has 0 saturated carbocycles. The predicted molar refractivity (Wildman–Crippen MR) is 130 cm³/mol. The van der Waals surface area contributed by atoms with Crippen LogP contribution in [0.1, 0.15) is 46.9 Å². The van der Waals surface area contributed by atoms with Gasteiger partial charge in [0.25, 0.3) is 11.8 Å². The topological polar surface area (TPSA) is 61.4 Å². The van der Waals surface area contributed by atoms with E-state index in [0.29, 0.717) is 22.7 Å². The van der Waals surface area contributed by atoms with Crippen LogP contribution in [0, 0.1) is 5.92 Å². The maximum absolute atomic E-state index is 13.2. The van der Waals surface area contributed by atoms with Crippen LogP contribution in [0.2, 0.25) is 0 Å². The van der Waals surface area contributed by atoms with Gasteiger partial charge in [-0.15, -0.1) is 0 Å². The number of nitrogens with one attached hydrogen (secondary N) is 2. The number of amides is 2. The van der Waals surface area contributed by atoms with Crippen molar-refractivity contribution in [3.63, 3.8) is 0 Å². The zero-order chi connectivity index (χ0) is 22.5. The van der Waals surface area contributed by atoms with E-state index in [4.69, 9.17) is 0 Å². The van der Waals surface area contributed by atoms with E-state index in [1.807, 2.05) is 60.4 Å². The molecule has 1 saturated heterocycles. The zero-order valence-electron chi connectivity index (χ0n) is 18.4. The molecule has 0 unspecified atom stereocenters. The van der Waals surface area contributed by atoms with Gasteiger partial charge < -0.3 is 15.5 Å². The van der Waals surface area contributed by atoms with E-state index in [-0.39, 0.29) is 11.8 Å². The smallest absolute Gasteiger partial charge is 0.257 e. The van der Waals surface area contributed by atoms with Crippen LogP contribution in [0.5, 0.6) is 0 Å². The van der Waals surface area contributed by atoms with E-state index < -0.39 is 0 Å². The third kappa shape index (κ3) is 4.67. The maximum atomic E-state index is 13.2. The van der Waals surface area contributed by atoms with Gasteiger partial charge in [0, 0.05) is 18.7 Å². The number of carbonyl (C=O) groups excluding carboxylic acids is 2. The van der Waals surface area contributed by atoms with Gasteiger partial charge in [-0.05, 0) is 68.0 Å². The zero-order valence-corrected chi connectivity index (χ0v) is 18.4. The molecular weight excluding hydrogens is 398 g/mol. The summed E-state index contributed by atoms with van der Waals surface area (Å²) in [6.45, 7) is 7.41. The Bertz CT molecular complexity index is 1090. The summed E-state index contributed by atoms with van der Waals surface area (Å²) in [7, 11) is 0. The van der Waals surface area contributed by atoms with E-state index in [2.05, 4.69) is 23.3 Å². The van der Waals surface area contributed by atoms with Crippen LogP contribution < -0.4 is 10.6 Å². The van der Waals surface area contributed by atoms with Crippen molar-refractivity contribution in [1.29, 1.82) is 0 Å². The van der Waals surface area contributed by atoms with Crippen molar-refractivity contribution >= 4 is 28.9 Å². The summed E-state index contributed by atoms with van der Waals surface area (Å²) in [4.78, 5) is 27.7. The first-order valence-electron chi connectivity index (χ1n) is 11.1. The number of piperidine rings is 1. The van der Waals surface area contributed by atoms with Gasteiger partial charge >= 0.3 is 0 Å². The molecule has 4 rings (SSSR count). The fourth-order valence-electron chi connectivity index (χ4n) is 4.31. The molecule has 2 N–H and O–H groups in total. The van der Waals surface area contributed by atoms with Gasteiger partial charge in [-0.25, -0.2) is 0 Å². The van der Waals surface area contributed by atoms with Crippen molar-refractivity contribution in [3.05, 3.63) is 90.0 Å². The van der Waals surface area contributed by atoms with Crippen molar-refractivity contribution in [2.45, 2.75) is 26.2 Å². The number of benzene rings is 2. The Kier molecular flexibility index (Phi) is 6.55. The van der Waals surface area contributed by atoms with E-state index in [9.17, 15) is 9.59 Å². The lowest BCUT2D eigenvalue weighted by molar-refractivity contribution is 0.0690. The van der Waals surface area contributed by atoms with Crippen molar-refractivity contribution < 1.29 is 9.59 Å². The number of para-hydroxylation sites is 1. The molecule has 164 valence electrons. The molecule has 2 aromatic carbocycles. The highest BCUT2D eigenvalue weighted by atomic mass is 16.2. The number of anilines is 3. The van der Waals surface area contributed by atoms with Gasteiger partial charge in [-0.3, -0.25) is 9.59 Å². The average molecular weight is 428 g/mol. The van der Waals surface area contributed by atoms with Crippen LogP contribution in [0.15, 0.2) is 78.9 Å². The SMILES string of the molecule is C=C/C(=C\C=C/C)CC1CCN(C(=O)c2ccc3c(c2)NC(=O)c2ccccc2N3)CC1. The fourth-order valence-corrected chi connectivity index (χ4v) is 4.31. The Morgan fingerprint density at radius 3 is 2.62 bits per heavy atom. The van der Waals surface area contributed by atoms with E-state index in [1.54, 1.807) is 12.1 Å². The minimum absolute atomic E-state index is 0.00987. The number of hydrogen-bond donors (Lipinski definition) is 2. The Labute approximate surface area is 189 Å². The largest absolute Gasteiger partial charge is 0.353 e. The Morgan fingerprint density at radius 2 is 1.88 bits per heavy atom. The highest BCUT2D eigenvalue weighted by Crippen LogP contribution is 2.33. The molecule has 0 spiro atoms. The minimum Gasteiger partial charge on any atom is -0.353 e. The van der Waals surface area contributed by atoms with Gasteiger partial charge in [0.1, 0.15) is 0 Å². The second-order valence-corrected chi connectivity index (χ2v) is 8.30. The number of rotatable bonds is 5. The van der Waals surface area contributed by atoms with Crippen LogP contribution in [-0.4, -0.2) is 29.8 Å². The molecule has 32 heavy (non-hydrogen) atoms. The summed E-state index contributed by atoms with van der Waals surface area (Å²) >= 11 is 0. The van der Waals surface area contributed by atoms with Gasteiger partial charge in [-0.2, -0.15) is 0 Å². The van der Waals surface area contributed by atoms with Crippen molar-refractivity contribution in [2.24, 2.45) is 5.92 Å². The van der Waals surface area contributed by atoms with E-state index in [0.717, 1.165) is 43.7 Å². The van der Waals surface area contributed by atoms with Crippen LogP contribution >= 0.6 is 0 Å². The maximum Gasteiger partial charge on any atom is 0.257 e. The minimum atomic E-state index is -0.179. The highest BCUT2D eigenvalue weighted by molar-refractivity contribution is 6.12.